The molecule has 2 heterocycles. The fourth-order valence-electron chi connectivity index (χ4n) is 1.16. The van der Waals surface area contributed by atoms with Crippen LogP contribution in [0.2, 0.25) is 0 Å². The molecular formula is C9H8F3N5. The minimum absolute atomic E-state index is 0.0868. The van der Waals surface area contributed by atoms with Crippen molar-refractivity contribution in [3.05, 3.63) is 36.2 Å². The standard InChI is InChI=1S/C9H8F3N5/c10-9(11,12)6-1-2-15-8(17-6)16-5-7-13-3-4-14-7/h1-4H,5H2,(H,13,14)(H,15,16,17). The van der Waals surface area contributed by atoms with Crippen LogP contribution in [0.3, 0.4) is 0 Å². The molecule has 2 rings (SSSR count). The molecule has 0 unspecified atom stereocenters. The summed E-state index contributed by atoms with van der Waals surface area (Å²) in [7, 11) is 0. The van der Waals surface area contributed by atoms with Crippen molar-refractivity contribution in [3.8, 4) is 0 Å². The van der Waals surface area contributed by atoms with Crippen molar-refractivity contribution >= 4 is 5.95 Å². The van der Waals surface area contributed by atoms with Crippen LogP contribution in [0.5, 0.6) is 0 Å². The van der Waals surface area contributed by atoms with Crippen molar-refractivity contribution in [1.29, 1.82) is 0 Å². The van der Waals surface area contributed by atoms with Gasteiger partial charge in [-0.15, -0.1) is 0 Å². The van der Waals surface area contributed by atoms with Gasteiger partial charge in [0.25, 0.3) is 0 Å². The number of H-pyrrole nitrogens is 1. The van der Waals surface area contributed by atoms with Gasteiger partial charge in [0, 0.05) is 18.6 Å². The van der Waals surface area contributed by atoms with E-state index in [9.17, 15) is 13.2 Å². The number of halogens is 3. The minimum atomic E-state index is -4.47. The number of aromatic nitrogens is 4. The lowest BCUT2D eigenvalue weighted by Crippen LogP contribution is -2.11. The van der Waals surface area contributed by atoms with E-state index in [-0.39, 0.29) is 12.5 Å². The highest BCUT2D eigenvalue weighted by Crippen LogP contribution is 2.27. The first-order chi connectivity index (χ1) is 8.05. The topological polar surface area (TPSA) is 66.5 Å². The van der Waals surface area contributed by atoms with Crippen molar-refractivity contribution in [2.24, 2.45) is 0 Å². The van der Waals surface area contributed by atoms with Gasteiger partial charge in [0.1, 0.15) is 11.5 Å². The first kappa shape index (κ1) is 11.4. The van der Waals surface area contributed by atoms with Gasteiger partial charge in [0.15, 0.2) is 0 Å². The number of anilines is 1. The number of imidazole rings is 1. The Bertz CT molecular complexity index is 480. The lowest BCUT2D eigenvalue weighted by molar-refractivity contribution is -0.141. The van der Waals surface area contributed by atoms with Crippen LogP contribution < -0.4 is 5.32 Å². The molecule has 0 saturated carbocycles. The van der Waals surface area contributed by atoms with Crippen molar-refractivity contribution in [1.82, 2.24) is 19.9 Å². The molecule has 0 aliphatic heterocycles. The summed E-state index contributed by atoms with van der Waals surface area (Å²) in [4.78, 5) is 13.8. The molecule has 2 aromatic rings. The fourth-order valence-corrected chi connectivity index (χ4v) is 1.16. The van der Waals surface area contributed by atoms with E-state index in [0.29, 0.717) is 5.82 Å². The second-order valence-electron chi connectivity index (χ2n) is 3.15. The van der Waals surface area contributed by atoms with Crippen molar-refractivity contribution in [2.45, 2.75) is 12.7 Å². The molecule has 0 aliphatic carbocycles. The predicted octanol–water partition coefficient (Wildman–Crippen LogP) is 1.83. The van der Waals surface area contributed by atoms with E-state index in [0.717, 1.165) is 12.3 Å². The van der Waals surface area contributed by atoms with Crippen molar-refractivity contribution in [3.63, 3.8) is 0 Å². The Balaban J connectivity index is 2.07. The summed E-state index contributed by atoms with van der Waals surface area (Å²) >= 11 is 0. The molecule has 0 atom stereocenters. The summed E-state index contributed by atoms with van der Waals surface area (Å²) in [5, 5.41) is 2.64. The Morgan fingerprint density at radius 3 is 2.71 bits per heavy atom. The van der Waals surface area contributed by atoms with Crippen LogP contribution in [0.15, 0.2) is 24.7 Å². The van der Waals surface area contributed by atoms with E-state index in [2.05, 4.69) is 25.3 Å². The van der Waals surface area contributed by atoms with Gasteiger partial charge in [-0.2, -0.15) is 13.2 Å². The number of nitrogens with one attached hydrogen (secondary N) is 2. The number of alkyl halides is 3. The number of hydrogen-bond donors (Lipinski definition) is 2. The third kappa shape index (κ3) is 2.92. The van der Waals surface area contributed by atoms with Crippen LogP contribution in [-0.4, -0.2) is 19.9 Å². The summed E-state index contributed by atoms with van der Waals surface area (Å²) in [6.45, 7) is 0.230. The summed E-state index contributed by atoms with van der Waals surface area (Å²) < 4.78 is 37.0. The van der Waals surface area contributed by atoms with E-state index in [1.807, 2.05) is 0 Å². The van der Waals surface area contributed by atoms with E-state index in [1.54, 1.807) is 12.4 Å². The van der Waals surface area contributed by atoms with Gasteiger partial charge in [0.2, 0.25) is 5.95 Å². The average molecular weight is 243 g/mol. The lowest BCUT2D eigenvalue weighted by atomic mass is 10.4. The molecule has 8 heteroatoms. The van der Waals surface area contributed by atoms with Gasteiger partial charge >= 0.3 is 6.18 Å². The average Bonchev–Trinajstić information content (AvgIpc) is 2.78. The van der Waals surface area contributed by atoms with Crippen LogP contribution in [0.25, 0.3) is 0 Å². The van der Waals surface area contributed by atoms with Gasteiger partial charge in [-0.3, -0.25) is 0 Å². The van der Waals surface area contributed by atoms with E-state index >= 15 is 0 Å². The zero-order valence-corrected chi connectivity index (χ0v) is 8.49. The minimum Gasteiger partial charge on any atom is -0.347 e. The maximum absolute atomic E-state index is 12.3. The highest BCUT2D eigenvalue weighted by Gasteiger charge is 2.32. The maximum atomic E-state index is 12.3. The molecule has 0 radical (unpaired) electrons. The van der Waals surface area contributed by atoms with Gasteiger partial charge < -0.3 is 10.3 Å². The number of nitrogens with zero attached hydrogens (tertiary/aromatic N) is 3. The van der Waals surface area contributed by atoms with Crippen molar-refractivity contribution < 1.29 is 13.2 Å². The first-order valence-corrected chi connectivity index (χ1v) is 4.68. The quantitative estimate of drug-likeness (QED) is 0.863. The van der Waals surface area contributed by atoms with E-state index in [1.165, 1.54) is 0 Å². The summed E-state index contributed by atoms with van der Waals surface area (Å²) in [6, 6.07) is 0.818. The van der Waals surface area contributed by atoms with Crippen molar-refractivity contribution in [2.75, 3.05) is 5.32 Å². The Morgan fingerprint density at radius 1 is 1.24 bits per heavy atom. The second-order valence-corrected chi connectivity index (χ2v) is 3.15. The highest BCUT2D eigenvalue weighted by atomic mass is 19.4. The van der Waals surface area contributed by atoms with Gasteiger partial charge in [0.05, 0.1) is 6.54 Å². The van der Waals surface area contributed by atoms with Gasteiger partial charge in [-0.1, -0.05) is 0 Å². The Hall–Kier alpha value is -2.12. The second kappa shape index (κ2) is 4.40. The summed E-state index contributed by atoms with van der Waals surface area (Å²) in [6.07, 6.45) is -0.252. The molecule has 0 spiro atoms. The molecule has 5 nitrogen and oxygen atoms in total. The number of hydrogen-bond acceptors (Lipinski definition) is 4. The molecule has 0 fully saturated rings. The van der Waals surface area contributed by atoms with Gasteiger partial charge in [-0.05, 0) is 6.07 Å². The third-order valence-electron chi connectivity index (χ3n) is 1.91. The third-order valence-corrected chi connectivity index (χ3v) is 1.91. The van der Waals surface area contributed by atoms with Crippen LogP contribution in [0, 0.1) is 0 Å². The normalized spacial score (nSPS) is 11.5. The van der Waals surface area contributed by atoms with E-state index < -0.39 is 11.9 Å². The molecule has 90 valence electrons. The predicted molar refractivity (Wildman–Crippen MR) is 52.9 cm³/mol. The Kier molecular flexibility index (Phi) is 2.94. The molecule has 2 aromatic heterocycles. The monoisotopic (exact) mass is 243 g/mol. The van der Waals surface area contributed by atoms with Crippen LogP contribution >= 0.6 is 0 Å². The SMILES string of the molecule is FC(F)(F)c1ccnc(NCc2ncc[nH]2)n1. The molecular weight excluding hydrogens is 235 g/mol. The smallest absolute Gasteiger partial charge is 0.347 e. The van der Waals surface area contributed by atoms with Crippen LogP contribution in [0.4, 0.5) is 19.1 Å². The highest BCUT2D eigenvalue weighted by molar-refractivity contribution is 5.26. The molecule has 2 N–H and O–H groups in total. The van der Waals surface area contributed by atoms with E-state index in [4.69, 9.17) is 0 Å². The zero-order chi connectivity index (χ0) is 12.3. The molecule has 0 bridgehead atoms. The first-order valence-electron chi connectivity index (χ1n) is 4.68. The number of rotatable bonds is 3. The van der Waals surface area contributed by atoms with Crippen LogP contribution in [0.1, 0.15) is 11.5 Å². The van der Waals surface area contributed by atoms with Crippen LogP contribution in [-0.2, 0) is 12.7 Å². The fraction of sp³-hybridized carbons (Fsp3) is 0.222. The molecule has 17 heavy (non-hydrogen) atoms. The summed E-state index contributed by atoms with van der Waals surface area (Å²) in [5.41, 5.74) is -0.977. The molecule has 0 aromatic carbocycles. The molecule has 0 amide bonds. The largest absolute Gasteiger partial charge is 0.433 e. The Labute approximate surface area is 94.1 Å². The lowest BCUT2D eigenvalue weighted by Gasteiger charge is -2.07. The molecule has 0 saturated heterocycles. The maximum Gasteiger partial charge on any atom is 0.433 e. The summed E-state index contributed by atoms with van der Waals surface area (Å²) in [5.74, 6) is 0.502. The zero-order valence-electron chi connectivity index (χ0n) is 8.49. The number of aromatic amines is 1. The van der Waals surface area contributed by atoms with Gasteiger partial charge in [-0.25, -0.2) is 15.0 Å². The molecule has 0 aliphatic rings. The Morgan fingerprint density at radius 2 is 2.06 bits per heavy atom.